The van der Waals surface area contributed by atoms with E-state index in [4.69, 9.17) is 0 Å². The molecular formula is C15H18N6. The molecule has 0 bridgehead atoms. The maximum Gasteiger partial charge on any atom is 0.224 e. The number of pyridine rings is 1. The van der Waals surface area contributed by atoms with Gasteiger partial charge in [-0.15, -0.1) is 0 Å². The fourth-order valence-corrected chi connectivity index (χ4v) is 2.14. The van der Waals surface area contributed by atoms with Crippen molar-refractivity contribution in [2.45, 2.75) is 26.3 Å². The Hall–Kier alpha value is -2.50. The van der Waals surface area contributed by atoms with Gasteiger partial charge < -0.3 is 5.32 Å². The molecule has 0 saturated heterocycles. The molecule has 0 aliphatic rings. The molecule has 3 aromatic rings. The molecule has 0 amide bonds. The summed E-state index contributed by atoms with van der Waals surface area (Å²) in [5.74, 6) is 0.611. The third-order valence-electron chi connectivity index (χ3n) is 3.15. The Labute approximate surface area is 123 Å². The van der Waals surface area contributed by atoms with Gasteiger partial charge in [0, 0.05) is 43.8 Å². The Morgan fingerprint density at radius 3 is 3.00 bits per heavy atom. The Morgan fingerprint density at radius 1 is 1.24 bits per heavy atom. The van der Waals surface area contributed by atoms with Crippen LogP contribution in [0.4, 0.5) is 5.95 Å². The standard InChI is InChI=1S/C15H18N6/c1-2-9-21-11-12-10-18-15(19-14(12)20-21)17-8-6-13-5-3-4-7-16-13/h3-5,7,10-11H,2,6,8-9H2,1H3,(H,17,19,20). The maximum absolute atomic E-state index is 4.44. The lowest BCUT2D eigenvalue weighted by Crippen LogP contribution is -2.08. The molecule has 0 aliphatic carbocycles. The minimum atomic E-state index is 0.611. The summed E-state index contributed by atoms with van der Waals surface area (Å²) in [6, 6.07) is 5.92. The quantitative estimate of drug-likeness (QED) is 0.751. The number of hydrogen-bond donors (Lipinski definition) is 1. The fraction of sp³-hybridized carbons (Fsp3) is 0.333. The van der Waals surface area contributed by atoms with Gasteiger partial charge in [0.2, 0.25) is 5.95 Å². The molecule has 0 radical (unpaired) electrons. The molecule has 0 spiro atoms. The number of rotatable bonds is 6. The minimum absolute atomic E-state index is 0.611. The highest BCUT2D eigenvalue weighted by molar-refractivity contribution is 5.73. The molecule has 0 aromatic carbocycles. The van der Waals surface area contributed by atoms with Crippen molar-refractivity contribution >= 4 is 17.0 Å². The molecule has 0 aliphatic heterocycles. The van der Waals surface area contributed by atoms with Crippen molar-refractivity contribution in [2.75, 3.05) is 11.9 Å². The molecule has 21 heavy (non-hydrogen) atoms. The fourth-order valence-electron chi connectivity index (χ4n) is 2.14. The number of fused-ring (bicyclic) bond motifs is 1. The SMILES string of the molecule is CCCn1cc2cnc(NCCc3ccccn3)nc2n1. The first-order chi connectivity index (χ1) is 10.3. The van der Waals surface area contributed by atoms with Crippen LogP contribution in [0.5, 0.6) is 0 Å². The molecule has 3 rings (SSSR count). The summed E-state index contributed by atoms with van der Waals surface area (Å²) < 4.78 is 1.91. The third kappa shape index (κ3) is 3.34. The molecule has 3 aromatic heterocycles. The second-order valence-corrected chi connectivity index (χ2v) is 4.86. The monoisotopic (exact) mass is 282 g/mol. The summed E-state index contributed by atoms with van der Waals surface area (Å²) in [5.41, 5.74) is 1.79. The van der Waals surface area contributed by atoms with E-state index in [9.17, 15) is 0 Å². The first kappa shape index (κ1) is 13.5. The van der Waals surface area contributed by atoms with Crippen molar-refractivity contribution in [3.8, 4) is 0 Å². The first-order valence-corrected chi connectivity index (χ1v) is 7.19. The minimum Gasteiger partial charge on any atom is -0.354 e. The summed E-state index contributed by atoms with van der Waals surface area (Å²) in [7, 11) is 0. The molecule has 3 heterocycles. The van der Waals surface area contributed by atoms with Crippen LogP contribution in [0.25, 0.3) is 11.0 Å². The average molecular weight is 282 g/mol. The molecule has 6 heteroatoms. The number of hydrogen-bond acceptors (Lipinski definition) is 5. The van der Waals surface area contributed by atoms with Crippen LogP contribution >= 0.6 is 0 Å². The predicted molar refractivity (Wildman–Crippen MR) is 82.0 cm³/mol. The van der Waals surface area contributed by atoms with E-state index in [0.29, 0.717) is 5.95 Å². The third-order valence-corrected chi connectivity index (χ3v) is 3.15. The van der Waals surface area contributed by atoms with Crippen LogP contribution in [0, 0.1) is 0 Å². The summed E-state index contributed by atoms with van der Waals surface area (Å²) in [4.78, 5) is 13.0. The number of aromatic nitrogens is 5. The van der Waals surface area contributed by atoms with Gasteiger partial charge in [-0.25, -0.2) is 4.98 Å². The molecule has 1 N–H and O–H groups in total. The molecule has 0 fully saturated rings. The van der Waals surface area contributed by atoms with Gasteiger partial charge in [0.05, 0.1) is 5.39 Å². The van der Waals surface area contributed by atoms with Gasteiger partial charge in [-0.05, 0) is 18.6 Å². The van der Waals surface area contributed by atoms with Crippen molar-refractivity contribution in [1.82, 2.24) is 24.7 Å². The maximum atomic E-state index is 4.44. The van der Waals surface area contributed by atoms with Crippen LogP contribution in [0.2, 0.25) is 0 Å². The van der Waals surface area contributed by atoms with Crippen molar-refractivity contribution in [3.63, 3.8) is 0 Å². The van der Waals surface area contributed by atoms with Gasteiger partial charge in [0.15, 0.2) is 5.65 Å². The van der Waals surface area contributed by atoms with Crippen molar-refractivity contribution in [1.29, 1.82) is 0 Å². The lowest BCUT2D eigenvalue weighted by molar-refractivity contribution is 0.607. The first-order valence-electron chi connectivity index (χ1n) is 7.19. The van der Waals surface area contributed by atoms with Crippen LogP contribution in [0.1, 0.15) is 19.0 Å². The van der Waals surface area contributed by atoms with Crippen LogP contribution < -0.4 is 5.32 Å². The second kappa shape index (κ2) is 6.30. The summed E-state index contributed by atoms with van der Waals surface area (Å²) in [6.07, 6.45) is 7.49. The topological polar surface area (TPSA) is 68.5 Å². The van der Waals surface area contributed by atoms with E-state index in [2.05, 4.69) is 32.3 Å². The van der Waals surface area contributed by atoms with E-state index in [-0.39, 0.29) is 0 Å². The van der Waals surface area contributed by atoms with E-state index in [1.165, 1.54) is 0 Å². The molecule has 0 saturated carbocycles. The van der Waals surface area contributed by atoms with Gasteiger partial charge >= 0.3 is 0 Å². The zero-order valence-corrected chi connectivity index (χ0v) is 12.0. The summed E-state index contributed by atoms with van der Waals surface area (Å²) in [6.45, 7) is 3.78. The Morgan fingerprint density at radius 2 is 2.19 bits per heavy atom. The van der Waals surface area contributed by atoms with Crippen molar-refractivity contribution < 1.29 is 0 Å². The zero-order chi connectivity index (χ0) is 14.5. The lowest BCUT2D eigenvalue weighted by atomic mass is 10.3. The highest BCUT2D eigenvalue weighted by Gasteiger charge is 2.04. The van der Waals surface area contributed by atoms with E-state index in [0.717, 1.165) is 42.7 Å². The Kier molecular flexibility index (Phi) is 4.04. The highest BCUT2D eigenvalue weighted by atomic mass is 15.3. The molecule has 0 unspecified atom stereocenters. The molecule has 6 nitrogen and oxygen atoms in total. The normalized spacial score (nSPS) is 10.9. The van der Waals surface area contributed by atoms with Gasteiger partial charge in [-0.2, -0.15) is 10.1 Å². The highest BCUT2D eigenvalue weighted by Crippen LogP contribution is 2.11. The number of nitrogens with one attached hydrogen (secondary N) is 1. The smallest absolute Gasteiger partial charge is 0.224 e. The largest absolute Gasteiger partial charge is 0.354 e. The van der Waals surface area contributed by atoms with Crippen molar-refractivity contribution in [3.05, 3.63) is 42.5 Å². The Bertz CT molecular complexity index is 707. The van der Waals surface area contributed by atoms with Gasteiger partial charge in [-0.1, -0.05) is 13.0 Å². The average Bonchev–Trinajstić information content (AvgIpc) is 2.90. The number of aryl methyl sites for hydroxylation is 1. The van der Waals surface area contributed by atoms with Gasteiger partial charge in [0.25, 0.3) is 0 Å². The van der Waals surface area contributed by atoms with Gasteiger partial charge in [0.1, 0.15) is 0 Å². The van der Waals surface area contributed by atoms with Crippen LogP contribution in [-0.4, -0.2) is 31.3 Å². The van der Waals surface area contributed by atoms with E-state index in [1.54, 1.807) is 6.20 Å². The zero-order valence-electron chi connectivity index (χ0n) is 12.0. The predicted octanol–water partition coefficient (Wildman–Crippen LogP) is 2.29. The summed E-state index contributed by atoms with van der Waals surface area (Å²) in [5, 5.41) is 8.63. The Balaban J connectivity index is 1.64. The van der Waals surface area contributed by atoms with E-state index in [1.807, 2.05) is 35.3 Å². The summed E-state index contributed by atoms with van der Waals surface area (Å²) >= 11 is 0. The van der Waals surface area contributed by atoms with Gasteiger partial charge in [-0.3, -0.25) is 9.67 Å². The second-order valence-electron chi connectivity index (χ2n) is 4.86. The molecule has 108 valence electrons. The molecular weight excluding hydrogens is 264 g/mol. The number of nitrogens with zero attached hydrogens (tertiary/aromatic N) is 5. The molecule has 0 atom stereocenters. The van der Waals surface area contributed by atoms with Crippen molar-refractivity contribution in [2.24, 2.45) is 0 Å². The van der Waals surface area contributed by atoms with Crippen LogP contribution in [0.15, 0.2) is 36.8 Å². The number of anilines is 1. The lowest BCUT2D eigenvalue weighted by Gasteiger charge is -2.03. The van der Waals surface area contributed by atoms with E-state index >= 15 is 0 Å². The van der Waals surface area contributed by atoms with E-state index < -0.39 is 0 Å². The van der Waals surface area contributed by atoms with Crippen LogP contribution in [-0.2, 0) is 13.0 Å². The van der Waals surface area contributed by atoms with Crippen LogP contribution in [0.3, 0.4) is 0 Å².